The van der Waals surface area contributed by atoms with Crippen molar-refractivity contribution in [2.24, 2.45) is 0 Å². The van der Waals surface area contributed by atoms with E-state index in [0.29, 0.717) is 18.6 Å². The third-order valence-electron chi connectivity index (χ3n) is 3.66. The summed E-state index contributed by atoms with van der Waals surface area (Å²) in [6.45, 7) is 3.62. The first kappa shape index (κ1) is 18.5. The Kier molecular flexibility index (Phi) is 7.11. The topological polar surface area (TPSA) is 121 Å². The number of carbonyl (C=O) groups is 3. The second-order valence-corrected chi connectivity index (χ2v) is 5.22. The third-order valence-corrected chi connectivity index (χ3v) is 3.66. The smallest absolute Gasteiger partial charge is 0.315 e. The fourth-order valence-electron chi connectivity index (χ4n) is 2.15. The van der Waals surface area contributed by atoms with Crippen LogP contribution in [0, 0.1) is 0 Å². The van der Waals surface area contributed by atoms with Gasteiger partial charge in [-0.05, 0) is 25.0 Å². The lowest BCUT2D eigenvalue weighted by Crippen LogP contribution is -2.52. The summed E-state index contributed by atoms with van der Waals surface area (Å²) in [6.07, 6.45) is 2.33. The van der Waals surface area contributed by atoms with Crippen LogP contribution in [0.2, 0.25) is 0 Å². The number of carboxylic acids is 1. The monoisotopic (exact) mass is 325 g/mol. The number of aliphatic carboxylic acids is 1. The number of carboxylic acid groups (broad SMARTS) is 1. The van der Waals surface area contributed by atoms with Crippen molar-refractivity contribution in [3.05, 3.63) is 24.2 Å². The largest absolute Gasteiger partial charge is 0.481 e. The lowest BCUT2D eigenvalue weighted by atomic mass is 9.89. The van der Waals surface area contributed by atoms with Crippen LogP contribution >= 0.6 is 0 Å². The van der Waals surface area contributed by atoms with Gasteiger partial charge in [0.1, 0.15) is 5.76 Å². The van der Waals surface area contributed by atoms with E-state index in [4.69, 9.17) is 9.52 Å². The molecule has 0 aliphatic carbocycles. The Morgan fingerprint density at radius 2 is 1.91 bits per heavy atom. The average molecular weight is 325 g/mol. The molecule has 128 valence electrons. The number of furan rings is 1. The summed E-state index contributed by atoms with van der Waals surface area (Å²) in [7, 11) is 0. The van der Waals surface area contributed by atoms with Gasteiger partial charge in [0.2, 0.25) is 5.91 Å². The first-order chi connectivity index (χ1) is 10.9. The normalized spacial score (nSPS) is 10.9. The van der Waals surface area contributed by atoms with Gasteiger partial charge >= 0.3 is 12.0 Å². The van der Waals surface area contributed by atoms with Crippen molar-refractivity contribution in [3.8, 4) is 0 Å². The second kappa shape index (κ2) is 8.82. The van der Waals surface area contributed by atoms with E-state index >= 15 is 0 Å². The van der Waals surface area contributed by atoms with Crippen LogP contribution < -0.4 is 16.0 Å². The van der Waals surface area contributed by atoms with Crippen molar-refractivity contribution in [1.29, 1.82) is 0 Å². The molecular formula is C15H23N3O5. The summed E-state index contributed by atoms with van der Waals surface area (Å²) in [5.41, 5.74) is -0.796. The van der Waals surface area contributed by atoms with Gasteiger partial charge < -0.3 is 25.5 Å². The average Bonchev–Trinajstić information content (AvgIpc) is 3.03. The quantitative estimate of drug-likeness (QED) is 0.544. The lowest BCUT2D eigenvalue weighted by Gasteiger charge is -2.31. The highest BCUT2D eigenvalue weighted by molar-refractivity contribution is 5.84. The molecule has 8 nitrogen and oxygen atoms in total. The first-order valence-electron chi connectivity index (χ1n) is 7.47. The molecule has 0 spiro atoms. The molecular weight excluding hydrogens is 302 g/mol. The van der Waals surface area contributed by atoms with Gasteiger partial charge in [-0.1, -0.05) is 13.8 Å². The van der Waals surface area contributed by atoms with Gasteiger partial charge in [-0.15, -0.1) is 0 Å². The molecule has 0 atom stereocenters. The van der Waals surface area contributed by atoms with Crippen LogP contribution in [0.5, 0.6) is 0 Å². The highest BCUT2D eigenvalue weighted by Gasteiger charge is 2.30. The summed E-state index contributed by atoms with van der Waals surface area (Å²) in [4.78, 5) is 34.5. The number of hydrogen-bond donors (Lipinski definition) is 4. The molecule has 0 radical (unpaired) electrons. The van der Waals surface area contributed by atoms with E-state index < -0.39 is 23.4 Å². The molecule has 0 saturated carbocycles. The Morgan fingerprint density at radius 3 is 2.43 bits per heavy atom. The highest BCUT2D eigenvalue weighted by Crippen LogP contribution is 2.19. The zero-order valence-electron chi connectivity index (χ0n) is 13.3. The van der Waals surface area contributed by atoms with Gasteiger partial charge in [0.05, 0.1) is 31.3 Å². The molecule has 1 rings (SSSR count). The number of urea groups is 1. The van der Waals surface area contributed by atoms with E-state index in [1.807, 2.05) is 13.8 Å². The maximum Gasteiger partial charge on any atom is 0.315 e. The zero-order valence-corrected chi connectivity index (χ0v) is 13.3. The predicted molar refractivity (Wildman–Crippen MR) is 82.7 cm³/mol. The summed E-state index contributed by atoms with van der Waals surface area (Å²) in [5.74, 6) is -0.803. The van der Waals surface area contributed by atoms with Crippen LogP contribution in [0.25, 0.3) is 0 Å². The SMILES string of the molecule is CCC(CC)(CC(=O)O)NC(=O)CNC(=O)NCc1ccco1. The number of amides is 3. The Bertz CT molecular complexity index is 523. The van der Waals surface area contributed by atoms with Crippen molar-refractivity contribution < 1.29 is 23.9 Å². The minimum absolute atomic E-state index is 0.156. The van der Waals surface area contributed by atoms with E-state index in [1.54, 1.807) is 12.1 Å². The number of nitrogens with one attached hydrogen (secondary N) is 3. The van der Waals surface area contributed by atoms with Crippen molar-refractivity contribution in [3.63, 3.8) is 0 Å². The van der Waals surface area contributed by atoms with E-state index in [2.05, 4.69) is 16.0 Å². The maximum atomic E-state index is 11.9. The van der Waals surface area contributed by atoms with Gasteiger partial charge in [-0.25, -0.2) is 4.79 Å². The van der Waals surface area contributed by atoms with Gasteiger partial charge in [0, 0.05) is 0 Å². The minimum Gasteiger partial charge on any atom is -0.481 e. The van der Waals surface area contributed by atoms with Crippen molar-refractivity contribution in [1.82, 2.24) is 16.0 Å². The first-order valence-corrected chi connectivity index (χ1v) is 7.47. The minimum atomic E-state index is -0.974. The third kappa shape index (κ3) is 6.41. The van der Waals surface area contributed by atoms with E-state index in [1.165, 1.54) is 6.26 Å². The maximum absolute atomic E-state index is 11.9. The zero-order chi connectivity index (χ0) is 17.3. The molecule has 0 aliphatic rings. The number of carbonyl (C=O) groups excluding carboxylic acids is 2. The van der Waals surface area contributed by atoms with Crippen molar-refractivity contribution in [2.75, 3.05) is 6.54 Å². The number of rotatable bonds is 9. The second-order valence-electron chi connectivity index (χ2n) is 5.22. The van der Waals surface area contributed by atoms with Crippen molar-refractivity contribution in [2.45, 2.75) is 45.2 Å². The molecule has 1 aromatic heterocycles. The Morgan fingerprint density at radius 1 is 1.22 bits per heavy atom. The van der Waals surface area contributed by atoms with Gasteiger partial charge in [0.15, 0.2) is 0 Å². The van der Waals surface area contributed by atoms with Crippen LogP contribution in [0.15, 0.2) is 22.8 Å². The van der Waals surface area contributed by atoms with Gasteiger partial charge in [-0.2, -0.15) is 0 Å². The van der Waals surface area contributed by atoms with Crippen LogP contribution in [-0.2, 0) is 16.1 Å². The van der Waals surface area contributed by atoms with Crippen LogP contribution in [-0.4, -0.2) is 35.1 Å². The fourth-order valence-corrected chi connectivity index (χ4v) is 2.15. The summed E-state index contributed by atoms with van der Waals surface area (Å²) in [5, 5.41) is 16.6. The van der Waals surface area contributed by atoms with Crippen LogP contribution in [0.4, 0.5) is 4.79 Å². The van der Waals surface area contributed by atoms with Crippen LogP contribution in [0.1, 0.15) is 38.9 Å². The van der Waals surface area contributed by atoms with Gasteiger partial charge in [-0.3, -0.25) is 9.59 Å². The Balaban J connectivity index is 2.39. The Hall–Kier alpha value is -2.51. The molecule has 0 bridgehead atoms. The molecule has 0 aliphatic heterocycles. The van der Waals surface area contributed by atoms with Crippen molar-refractivity contribution >= 4 is 17.9 Å². The summed E-state index contributed by atoms with van der Waals surface area (Å²) >= 11 is 0. The molecule has 0 unspecified atom stereocenters. The fraction of sp³-hybridized carbons (Fsp3) is 0.533. The molecule has 0 aromatic carbocycles. The predicted octanol–water partition coefficient (Wildman–Crippen LogP) is 1.23. The molecule has 23 heavy (non-hydrogen) atoms. The highest BCUT2D eigenvalue weighted by atomic mass is 16.4. The molecule has 1 aromatic rings. The Labute approximate surface area is 134 Å². The molecule has 1 heterocycles. The molecule has 4 N–H and O–H groups in total. The molecule has 3 amide bonds. The van der Waals surface area contributed by atoms with Gasteiger partial charge in [0.25, 0.3) is 0 Å². The van der Waals surface area contributed by atoms with E-state index in [-0.39, 0.29) is 19.5 Å². The van der Waals surface area contributed by atoms with Crippen LogP contribution in [0.3, 0.4) is 0 Å². The summed E-state index contributed by atoms with van der Waals surface area (Å²) < 4.78 is 5.06. The summed E-state index contributed by atoms with van der Waals surface area (Å²) in [6, 6.07) is 2.92. The van der Waals surface area contributed by atoms with E-state index in [0.717, 1.165) is 0 Å². The van der Waals surface area contributed by atoms with E-state index in [9.17, 15) is 14.4 Å². The number of hydrogen-bond acceptors (Lipinski definition) is 4. The lowest BCUT2D eigenvalue weighted by molar-refractivity contribution is -0.139. The molecule has 8 heteroatoms. The molecule has 0 saturated heterocycles. The molecule has 0 fully saturated rings. The standard InChI is InChI=1S/C15H23N3O5/c1-3-15(4-2,8-13(20)21)18-12(19)10-17-14(22)16-9-11-6-5-7-23-11/h5-7H,3-4,8-10H2,1-2H3,(H,18,19)(H,20,21)(H2,16,17,22).